The van der Waals surface area contributed by atoms with Crippen LogP contribution < -0.4 is 4.74 Å². The highest BCUT2D eigenvalue weighted by Crippen LogP contribution is 2.79. The third kappa shape index (κ3) is 5.40. The van der Waals surface area contributed by atoms with Crippen molar-refractivity contribution in [2.75, 3.05) is 0 Å². The smallest absolute Gasteiger partial charge is 0.429 e. The molecule has 2 unspecified atom stereocenters. The number of carbonyl (C=O) groups excluding carboxylic acids is 1. The van der Waals surface area contributed by atoms with Crippen LogP contribution in [0.2, 0.25) is 0 Å². The Bertz CT molecular complexity index is 1320. The van der Waals surface area contributed by atoms with Crippen LogP contribution in [0.3, 0.4) is 0 Å². The summed E-state index contributed by atoms with van der Waals surface area (Å²) in [6.45, 7) is -0.108. The Kier molecular flexibility index (Phi) is 7.40. The molecule has 0 aliphatic carbocycles. The summed E-state index contributed by atoms with van der Waals surface area (Å²) in [5.74, 6) is -1.66. The van der Waals surface area contributed by atoms with Gasteiger partial charge in [0.05, 0.1) is 0 Å². The lowest BCUT2D eigenvalue weighted by atomic mass is 10.2. The number of nitrogens with zero attached hydrogens (tertiary/aromatic N) is 1. The van der Waals surface area contributed by atoms with E-state index in [1.807, 2.05) is 0 Å². The van der Waals surface area contributed by atoms with Crippen molar-refractivity contribution in [3.8, 4) is 5.75 Å². The summed E-state index contributed by atoms with van der Waals surface area (Å²) in [4.78, 5) is 36.4. The third-order valence-electron chi connectivity index (χ3n) is 5.17. The predicted molar refractivity (Wildman–Crippen MR) is 121 cm³/mol. The van der Waals surface area contributed by atoms with E-state index in [1.54, 1.807) is 30.3 Å². The average Bonchev–Trinajstić information content (AvgIpc) is 2.83. The monoisotopic (exact) mass is 539 g/mol. The van der Waals surface area contributed by atoms with E-state index in [1.165, 1.54) is 24.5 Å². The minimum absolute atomic E-state index is 0.108. The van der Waals surface area contributed by atoms with E-state index in [9.17, 15) is 33.2 Å². The molecule has 36 heavy (non-hydrogen) atoms. The molecule has 1 aliphatic rings. The number of aliphatic hydroxyl groups is 1. The molecule has 0 saturated carbocycles. The SMILES string of the molecule is O=C(OCc1ccccc1)Oc1ccc(C2OP(=O)(O)C(O)(Cc3cccnc3)P(=O)(O)O2)cc1F. The molecule has 2 heterocycles. The van der Waals surface area contributed by atoms with E-state index in [-0.39, 0.29) is 17.7 Å². The third-order valence-corrected chi connectivity index (χ3v) is 9.76. The number of ether oxygens (including phenoxy) is 2. The molecule has 2 aromatic carbocycles. The van der Waals surface area contributed by atoms with Gasteiger partial charge in [-0.25, -0.2) is 9.18 Å². The van der Waals surface area contributed by atoms with E-state index < -0.39 is 50.7 Å². The Morgan fingerprint density at radius 3 is 2.31 bits per heavy atom. The van der Waals surface area contributed by atoms with Gasteiger partial charge in [-0.3, -0.25) is 23.2 Å². The first kappa shape index (κ1) is 26.1. The van der Waals surface area contributed by atoms with Gasteiger partial charge in [0.15, 0.2) is 11.6 Å². The highest BCUT2D eigenvalue weighted by molar-refractivity contribution is 7.73. The van der Waals surface area contributed by atoms with Crippen molar-refractivity contribution < 1.29 is 51.7 Å². The first-order chi connectivity index (χ1) is 17.0. The number of rotatable bonds is 6. The first-order valence-electron chi connectivity index (χ1n) is 10.3. The van der Waals surface area contributed by atoms with E-state index in [2.05, 4.69) is 4.98 Å². The number of carbonyl (C=O) groups is 1. The molecule has 11 nitrogen and oxygen atoms in total. The van der Waals surface area contributed by atoms with Crippen LogP contribution in [0.25, 0.3) is 0 Å². The predicted octanol–water partition coefficient (Wildman–Crippen LogP) is 4.24. The highest BCUT2D eigenvalue weighted by atomic mass is 31.2. The summed E-state index contributed by atoms with van der Waals surface area (Å²) >= 11 is 0. The Morgan fingerprint density at radius 1 is 1.03 bits per heavy atom. The molecular weight excluding hydrogens is 519 g/mol. The number of hydrogen-bond acceptors (Lipinski definition) is 9. The van der Waals surface area contributed by atoms with Crippen LogP contribution in [0.1, 0.15) is 23.0 Å². The van der Waals surface area contributed by atoms with Crippen molar-refractivity contribution in [3.63, 3.8) is 0 Å². The normalized spacial score (nSPS) is 27.8. The molecule has 1 fully saturated rings. The van der Waals surface area contributed by atoms with E-state index in [0.29, 0.717) is 5.56 Å². The van der Waals surface area contributed by atoms with Crippen LogP contribution in [0, 0.1) is 5.82 Å². The van der Waals surface area contributed by atoms with E-state index in [0.717, 1.165) is 18.2 Å². The van der Waals surface area contributed by atoms with Gasteiger partial charge in [-0.15, -0.1) is 0 Å². The molecule has 1 saturated heterocycles. The van der Waals surface area contributed by atoms with Gasteiger partial charge in [-0.1, -0.05) is 42.5 Å². The fraction of sp³-hybridized carbons (Fsp3) is 0.182. The van der Waals surface area contributed by atoms with Gasteiger partial charge in [-0.2, -0.15) is 0 Å². The first-order valence-corrected chi connectivity index (χ1v) is 13.5. The van der Waals surface area contributed by atoms with Crippen LogP contribution in [-0.2, 0) is 35.9 Å². The molecule has 190 valence electrons. The maximum atomic E-state index is 14.6. The minimum atomic E-state index is -5.24. The highest BCUT2D eigenvalue weighted by Gasteiger charge is 2.67. The van der Waals surface area contributed by atoms with Gasteiger partial charge in [0.25, 0.3) is 5.08 Å². The molecule has 14 heteroatoms. The van der Waals surface area contributed by atoms with Crippen LogP contribution in [0.5, 0.6) is 5.75 Å². The van der Waals surface area contributed by atoms with Crippen LogP contribution in [-0.4, -0.2) is 31.1 Å². The van der Waals surface area contributed by atoms with Crippen molar-refractivity contribution in [2.24, 2.45) is 0 Å². The summed E-state index contributed by atoms with van der Waals surface area (Å²) in [6.07, 6.45) is -1.32. The second-order valence-electron chi connectivity index (χ2n) is 7.71. The Hall–Kier alpha value is -2.95. The molecule has 0 bridgehead atoms. The molecular formula is C22H20FNO10P2. The zero-order valence-electron chi connectivity index (χ0n) is 18.3. The van der Waals surface area contributed by atoms with Gasteiger partial charge in [0.2, 0.25) is 6.29 Å². The summed E-state index contributed by atoms with van der Waals surface area (Å²) in [6, 6.07) is 14.3. The molecule has 2 atom stereocenters. The lowest BCUT2D eigenvalue weighted by Crippen LogP contribution is -2.37. The van der Waals surface area contributed by atoms with Gasteiger partial charge in [0.1, 0.15) is 6.61 Å². The minimum Gasteiger partial charge on any atom is -0.429 e. The number of pyridine rings is 1. The van der Waals surface area contributed by atoms with Gasteiger partial charge in [0, 0.05) is 24.4 Å². The van der Waals surface area contributed by atoms with Gasteiger partial charge in [-0.05, 0) is 29.3 Å². The summed E-state index contributed by atoms with van der Waals surface area (Å²) < 4.78 is 59.9. The van der Waals surface area contributed by atoms with Crippen molar-refractivity contribution in [3.05, 3.63) is 95.6 Å². The Morgan fingerprint density at radius 2 is 1.69 bits per heavy atom. The second kappa shape index (κ2) is 10.2. The largest absolute Gasteiger partial charge is 0.514 e. The summed E-state index contributed by atoms with van der Waals surface area (Å²) in [5.41, 5.74) is 0.563. The van der Waals surface area contributed by atoms with Crippen LogP contribution >= 0.6 is 15.2 Å². The number of aromatic nitrogens is 1. The van der Waals surface area contributed by atoms with Crippen LogP contribution in [0.4, 0.5) is 9.18 Å². The Labute approximate surface area is 204 Å². The molecule has 0 radical (unpaired) electrons. The maximum Gasteiger partial charge on any atom is 0.514 e. The van der Waals surface area contributed by atoms with Crippen LogP contribution in [0.15, 0.2) is 73.1 Å². The van der Waals surface area contributed by atoms with Crippen molar-refractivity contribution in [1.82, 2.24) is 4.98 Å². The van der Waals surface area contributed by atoms with E-state index in [4.69, 9.17) is 18.5 Å². The second-order valence-corrected chi connectivity index (χ2v) is 12.0. The molecule has 4 rings (SSSR count). The summed E-state index contributed by atoms with van der Waals surface area (Å²) in [5, 5.41) is 7.54. The topological polar surface area (TPSA) is 162 Å². The quantitative estimate of drug-likeness (QED) is 0.233. The summed E-state index contributed by atoms with van der Waals surface area (Å²) in [7, 11) is -10.5. The Balaban J connectivity index is 1.47. The fourth-order valence-corrected chi connectivity index (χ4v) is 6.87. The molecule has 1 aromatic heterocycles. The average molecular weight is 539 g/mol. The molecule has 1 aliphatic heterocycles. The lowest BCUT2D eigenvalue weighted by Gasteiger charge is -2.41. The molecule has 0 amide bonds. The van der Waals surface area contributed by atoms with E-state index >= 15 is 0 Å². The number of halogens is 1. The van der Waals surface area contributed by atoms with Crippen molar-refractivity contribution >= 4 is 21.3 Å². The maximum absolute atomic E-state index is 14.6. The standard InChI is InChI=1S/C22H20FNO10P2/c23-18-11-17(8-9-19(18)32-21(25)31-14-15-5-2-1-3-6-15)20-33-35(27,28)22(26,36(29,30)34-20)12-16-7-4-10-24-13-16/h1-11,13,20,26H,12,14H2,(H,27,28)(H,29,30). The van der Waals surface area contributed by atoms with Gasteiger partial charge < -0.3 is 24.4 Å². The molecule has 3 N–H and O–H groups in total. The molecule has 3 aromatic rings. The zero-order chi connectivity index (χ0) is 26.0. The number of benzene rings is 2. The number of hydrogen-bond donors (Lipinski definition) is 3. The zero-order valence-corrected chi connectivity index (χ0v) is 20.1. The molecule has 0 spiro atoms. The lowest BCUT2D eigenvalue weighted by molar-refractivity contribution is -0.0580. The fourth-order valence-electron chi connectivity index (χ4n) is 3.29. The van der Waals surface area contributed by atoms with Crippen molar-refractivity contribution in [2.45, 2.75) is 24.4 Å². The van der Waals surface area contributed by atoms with Crippen molar-refractivity contribution in [1.29, 1.82) is 0 Å². The van der Waals surface area contributed by atoms with Gasteiger partial charge >= 0.3 is 21.3 Å².